The zero-order chi connectivity index (χ0) is 14.5. The molecular formula is C19H40. The molecule has 0 bridgehead atoms. The lowest BCUT2D eigenvalue weighted by molar-refractivity contribution is 0.358. The maximum absolute atomic E-state index is 2.46. The summed E-state index contributed by atoms with van der Waals surface area (Å²) in [6, 6.07) is 0. The van der Waals surface area contributed by atoms with Crippen LogP contribution in [-0.2, 0) is 0 Å². The van der Waals surface area contributed by atoms with Crippen LogP contribution < -0.4 is 0 Å². The van der Waals surface area contributed by atoms with Crippen LogP contribution in [0.5, 0.6) is 0 Å². The van der Waals surface area contributed by atoms with Crippen molar-refractivity contribution < 1.29 is 0 Å². The van der Waals surface area contributed by atoms with Gasteiger partial charge in [0.05, 0.1) is 0 Å². The molecule has 0 aromatic rings. The fourth-order valence-corrected chi connectivity index (χ4v) is 3.02. The highest BCUT2D eigenvalue weighted by Crippen LogP contribution is 2.22. The lowest BCUT2D eigenvalue weighted by Gasteiger charge is -2.17. The fraction of sp³-hybridized carbons (Fsp3) is 1.00. The van der Waals surface area contributed by atoms with Gasteiger partial charge in [-0.2, -0.15) is 0 Å². The molecule has 116 valence electrons. The molecule has 0 radical (unpaired) electrons. The van der Waals surface area contributed by atoms with Crippen molar-refractivity contribution in [3.63, 3.8) is 0 Å². The van der Waals surface area contributed by atoms with Crippen molar-refractivity contribution in [1.29, 1.82) is 0 Å². The largest absolute Gasteiger partial charge is 0.0654 e. The first-order valence-electron chi connectivity index (χ1n) is 9.10. The highest BCUT2D eigenvalue weighted by Gasteiger charge is 2.08. The molecular weight excluding hydrogens is 228 g/mol. The third kappa shape index (κ3) is 12.8. The van der Waals surface area contributed by atoms with Crippen molar-refractivity contribution >= 4 is 0 Å². The van der Waals surface area contributed by atoms with Gasteiger partial charge in [0.2, 0.25) is 0 Å². The normalized spacial score (nSPS) is 16.3. The minimum absolute atomic E-state index is 0.943. The average Bonchev–Trinajstić information content (AvgIpc) is 2.39. The van der Waals surface area contributed by atoms with Gasteiger partial charge in [0, 0.05) is 0 Å². The molecule has 3 atom stereocenters. The zero-order valence-corrected chi connectivity index (χ0v) is 14.5. The molecule has 0 aromatic carbocycles. The third-order valence-corrected chi connectivity index (χ3v) is 4.70. The van der Waals surface area contributed by atoms with E-state index in [4.69, 9.17) is 0 Å². The SMILES string of the molecule is CCCCC(C)CC(C)CCCCCCC(C)CC. The van der Waals surface area contributed by atoms with Crippen LogP contribution in [0.25, 0.3) is 0 Å². The van der Waals surface area contributed by atoms with Crippen molar-refractivity contribution in [3.05, 3.63) is 0 Å². The Balaban J connectivity index is 3.35. The summed E-state index contributed by atoms with van der Waals surface area (Å²) in [4.78, 5) is 0. The summed E-state index contributed by atoms with van der Waals surface area (Å²) in [7, 11) is 0. The standard InChI is InChI=1S/C19H40/c1-6-8-13-18(4)16-19(5)15-12-10-9-11-14-17(3)7-2/h17-19H,6-16H2,1-5H3. The van der Waals surface area contributed by atoms with Crippen LogP contribution in [0.15, 0.2) is 0 Å². The maximum atomic E-state index is 2.46. The van der Waals surface area contributed by atoms with E-state index in [1.54, 1.807) is 0 Å². The van der Waals surface area contributed by atoms with Gasteiger partial charge in [0.1, 0.15) is 0 Å². The highest BCUT2D eigenvalue weighted by molar-refractivity contribution is 4.61. The lowest BCUT2D eigenvalue weighted by atomic mass is 9.89. The quantitative estimate of drug-likeness (QED) is 0.309. The predicted octanol–water partition coefficient (Wildman–Crippen LogP) is 7.23. The number of hydrogen-bond donors (Lipinski definition) is 0. The number of rotatable bonds is 13. The van der Waals surface area contributed by atoms with Crippen LogP contribution in [0, 0.1) is 17.8 Å². The summed E-state index contributed by atoms with van der Waals surface area (Å²) in [6.07, 6.45) is 15.8. The first kappa shape index (κ1) is 19.0. The second-order valence-corrected chi connectivity index (χ2v) is 7.09. The Morgan fingerprint density at radius 3 is 1.53 bits per heavy atom. The minimum atomic E-state index is 0.943. The summed E-state index contributed by atoms with van der Waals surface area (Å²) in [5, 5.41) is 0. The average molecular weight is 269 g/mol. The molecule has 0 saturated carbocycles. The zero-order valence-electron chi connectivity index (χ0n) is 14.5. The van der Waals surface area contributed by atoms with Crippen LogP contribution in [0.3, 0.4) is 0 Å². The van der Waals surface area contributed by atoms with E-state index in [1.165, 1.54) is 70.6 Å². The molecule has 0 aliphatic heterocycles. The topological polar surface area (TPSA) is 0 Å². The molecule has 0 heteroatoms. The van der Waals surface area contributed by atoms with Crippen molar-refractivity contribution in [3.8, 4) is 0 Å². The van der Waals surface area contributed by atoms with Gasteiger partial charge >= 0.3 is 0 Å². The molecule has 3 unspecified atom stereocenters. The van der Waals surface area contributed by atoms with Gasteiger partial charge < -0.3 is 0 Å². The minimum Gasteiger partial charge on any atom is -0.0654 e. The van der Waals surface area contributed by atoms with E-state index in [0.717, 1.165) is 17.8 Å². The lowest BCUT2D eigenvalue weighted by Crippen LogP contribution is -2.03. The molecule has 0 saturated heterocycles. The van der Waals surface area contributed by atoms with E-state index in [0.29, 0.717) is 0 Å². The molecule has 19 heavy (non-hydrogen) atoms. The summed E-state index contributed by atoms with van der Waals surface area (Å²) >= 11 is 0. The Hall–Kier alpha value is 0. The first-order chi connectivity index (χ1) is 9.10. The highest BCUT2D eigenvalue weighted by atomic mass is 14.1. The third-order valence-electron chi connectivity index (χ3n) is 4.70. The van der Waals surface area contributed by atoms with Crippen LogP contribution in [0.4, 0.5) is 0 Å². The van der Waals surface area contributed by atoms with E-state index >= 15 is 0 Å². The van der Waals surface area contributed by atoms with Crippen molar-refractivity contribution in [2.75, 3.05) is 0 Å². The van der Waals surface area contributed by atoms with E-state index < -0.39 is 0 Å². The van der Waals surface area contributed by atoms with Crippen molar-refractivity contribution in [2.45, 2.75) is 105 Å². The second-order valence-electron chi connectivity index (χ2n) is 7.09. The summed E-state index contributed by atoms with van der Waals surface area (Å²) in [5.74, 6) is 2.83. The van der Waals surface area contributed by atoms with E-state index in [-0.39, 0.29) is 0 Å². The molecule has 0 aliphatic rings. The monoisotopic (exact) mass is 268 g/mol. The molecule has 0 amide bonds. The van der Waals surface area contributed by atoms with Crippen LogP contribution >= 0.6 is 0 Å². The van der Waals surface area contributed by atoms with E-state index in [2.05, 4.69) is 34.6 Å². The molecule has 0 nitrogen and oxygen atoms in total. The number of hydrogen-bond acceptors (Lipinski definition) is 0. The van der Waals surface area contributed by atoms with Crippen molar-refractivity contribution in [1.82, 2.24) is 0 Å². The van der Waals surface area contributed by atoms with Gasteiger partial charge in [-0.25, -0.2) is 0 Å². The van der Waals surface area contributed by atoms with Gasteiger partial charge in [0.15, 0.2) is 0 Å². The maximum Gasteiger partial charge on any atom is -0.0440 e. The van der Waals surface area contributed by atoms with Gasteiger partial charge in [-0.05, 0) is 24.2 Å². The molecule has 0 fully saturated rings. The van der Waals surface area contributed by atoms with Crippen LogP contribution in [0.2, 0.25) is 0 Å². The molecule has 0 aromatic heterocycles. The first-order valence-corrected chi connectivity index (χ1v) is 9.10. The Kier molecular flexibility index (Phi) is 13.0. The van der Waals surface area contributed by atoms with E-state index in [9.17, 15) is 0 Å². The van der Waals surface area contributed by atoms with Crippen LogP contribution in [0.1, 0.15) is 105 Å². The Bertz CT molecular complexity index is 173. The molecule has 0 aliphatic carbocycles. The second kappa shape index (κ2) is 13.0. The molecule has 0 spiro atoms. The Morgan fingerprint density at radius 2 is 1.05 bits per heavy atom. The Morgan fingerprint density at radius 1 is 0.579 bits per heavy atom. The summed E-state index contributed by atoms with van der Waals surface area (Å²) < 4.78 is 0. The fourth-order valence-electron chi connectivity index (χ4n) is 3.02. The van der Waals surface area contributed by atoms with Crippen molar-refractivity contribution in [2.24, 2.45) is 17.8 Å². The smallest absolute Gasteiger partial charge is 0.0440 e. The van der Waals surface area contributed by atoms with Gasteiger partial charge in [0.25, 0.3) is 0 Å². The summed E-state index contributed by atoms with van der Waals surface area (Å²) in [5.41, 5.74) is 0. The number of unbranched alkanes of at least 4 members (excludes halogenated alkanes) is 4. The van der Waals surface area contributed by atoms with Gasteiger partial charge in [-0.15, -0.1) is 0 Å². The predicted molar refractivity (Wildman–Crippen MR) is 89.6 cm³/mol. The molecule has 0 heterocycles. The van der Waals surface area contributed by atoms with E-state index in [1.807, 2.05) is 0 Å². The Labute approximate surface area is 123 Å². The van der Waals surface area contributed by atoms with Crippen LogP contribution in [-0.4, -0.2) is 0 Å². The van der Waals surface area contributed by atoms with Gasteiger partial charge in [-0.3, -0.25) is 0 Å². The van der Waals surface area contributed by atoms with Gasteiger partial charge in [-0.1, -0.05) is 98.8 Å². The molecule has 0 N–H and O–H groups in total. The summed E-state index contributed by atoms with van der Waals surface area (Å²) in [6.45, 7) is 11.9. The molecule has 0 rings (SSSR count).